The third-order valence-electron chi connectivity index (χ3n) is 1.26. The first-order valence-electron chi connectivity index (χ1n) is 3.90. The molecule has 0 saturated heterocycles. The summed E-state index contributed by atoms with van der Waals surface area (Å²) in [5.74, 6) is 0. The van der Waals surface area contributed by atoms with Gasteiger partial charge < -0.3 is 9.84 Å². The van der Waals surface area contributed by atoms with Crippen molar-refractivity contribution in [1.29, 1.82) is 0 Å². The number of hydrogen-bond acceptors (Lipinski definition) is 2. The van der Waals surface area contributed by atoms with Gasteiger partial charge in [0.2, 0.25) is 0 Å². The molecule has 0 rings (SSSR count). The Morgan fingerprint density at radius 3 is 2.83 bits per heavy atom. The van der Waals surface area contributed by atoms with E-state index in [2.05, 4.69) is 11.3 Å². The maximum absolute atomic E-state index is 9.89. The Bertz CT molecular complexity index is 161. The summed E-state index contributed by atoms with van der Waals surface area (Å²) in [5, 5.41) is 8.10. The summed E-state index contributed by atoms with van der Waals surface area (Å²) < 4.78 is 4.32. The van der Waals surface area contributed by atoms with Crippen molar-refractivity contribution in [2.45, 2.75) is 19.3 Å². The molecule has 0 unspecified atom stereocenters. The highest BCUT2D eigenvalue weighted by Crippen LogP contribution is 1.97. The highest BCUT2D eigenvalue weighted by Gasteiger charge is 1.93. The van der Waals surface area contributed by atoms with Gasteiger partial charge in [-0.1, -0.05) is 24.8 Å². The van der Waals surface area contributed by atoms with Gasteiger partial charge in [-0.05, 0) is 19.3 Å². The molecule has 0 fully saturated rings. The summed E-state index contributed by atoms with van der Waals surface area (Å²) in [5.41, 5.74) is 0. The number of ether oxygens (including phenoxy) is 1. The number of unbranched alkanes of at least 4 members (excludes halogenated alkanes) is 2. The van der Waals surface area contributed by atoms with Crippen molar-refractivity contribution in [2.24, 2.45) is 0 Å². The summed E-state index contributed by atoms with van der Waals surface area (Å²) in [6, 6.07) is 0. The summed E-state index contributed by atoms with van der Waals surface area (Å²) >= 11 is 0. The van der Waals surface area contributed by atoms with E-state index in [4.69, 9.17) is 5.11 Å². The van der Waals surface area contributed by atoms with Gasteiger partial charge in [0, 0.05) is 0 Å². The van der Waals surface area contributed by atoms with E-state index in [-0.39, 0.29) is 6.61 Å². The Morgan fingerprint density at radius 2 is 2.25 bits per heavy atom. The molecule has 0 saturated carbocycles. The van der Waals surface area contributed by atoms with Gasteiger partial charge in [0.15, 0.2) is 0 Å². The second kappa shape index (κ2) is 7.85. The normalized spacial score (nSPS) is 10.0. The van der Waals surface area contributed by atoms with Crippen LogP contribution in [-0.2, 0) is 4.74 Å². The van der Waals surface area contributed by atoms with Crippen molar-refractivity contribution in [3.8, 4) is 0 Å². The summed E-state index contributed by atoms with van der Waals surface area (Å²) in [6.07, 6.45) is 7.04. The lowest BCUT2D eigenvalue weighted by Gasteiger charge is -1.97. The van der Waals surface area contributed by atoms with E-state index < -0.39 is 6.16 Å². The zero-order valence-electron chi connectivity index (χ0n) is 7.03. The highest BCUT2D eigenvalue weighted by molar-refractivity contribution is 5.56. The van der Waals surface area contributed by atoms with Crippen LogP contribution in [0.15, 0.2) is 24.8 Å². The molecule has 0 aliphatic heterocycles. The van der Waals surface area contributed by atoms with Crippen LogP contribution < -0.4 is 0 Å². The fourth-order valence-corrected chi connectivity index (χ4v) is 0.716. The molecule has 0 heterocycles. The monoisotopic (exact) mass is 170 g/mol. The van der Waals surface area contributed by atoms with Gasteiger partial charge in [-0.3, -0.25) is 0 Å². The van der Waals surface area contributed by atoms with Gasteiger partial charge in [0.05, 0.1) is 6.61 Å². The van der Waals surface area contributed by atoms with Crippen LogP contribution in [0, 0.1) is 0 Å². The Morgan fingerprint density at radius 1 is 1.50 bits per heavy atom. The number of hydrogen-bond donors (Lipinski definition) is 1. The number of carboxylic acid groups (broad SMARTS) is 1. The van der Waals surface area contributed by atoms with Crippen LogP contribution in [0.25, 0.3) is 0 Å². The Balaban J connectivity index is 3.05. The van der Waals surface area contributed by atoms with E-state index >= 15 is 0 Å². The van der Waals surface area contributed by atoms with Crippen molar-refractivity contribution in [1.82, 2.24) is 0 Å². The van der Waals surface area contributed by atoms with Crippen LogP contribution in [0.2, 0.25) is 0 Å². The highest BCUT2D eigenvalue weighted by atomic mass is 16.7. The smallest absolute Gasteiger partial charge is 0.450 e. The molecule has 12 heavy (non-hydrogen) atoms. The van der Waals surface area contributed by atoms with Gasteiger partial charge in [-0.15, -0.1) is 0 Å². The van der Waals surface area contributed by atoms with Crippen LogP contribution >= 0.6 is 0 Å². The molecule has 3 heteroatoms. The van der Waals surface area contributed by atoms with Crippen LogP contribution in [-0.4, -0.2) is 17.9 Å². The minimum absolute atomic E-state index is 0.289. The summed E-state index contributed by atoms with van der Waals surface area (Å²) in [6.45, 7) is 3.82. The van der Waals surface area contributed by atoms with Crippen molar-refractivity contribution in [2.75, 3.05) is 6.61 Å². The van der Waals surface area contributed by atoms with Crippen molar-refractivity contribution in [3.63, 3.8) is 0 Å². The van der Waals surface area contributed by atoms with Crippen molar-refractivity contribution < 1.29 is 14.6 Å². The molecule has 0 aromatic carbocycles. The maximum atomic E-state index is 9.89. The molecular formula is C9H14O3. The molecule has 0 aliphatic rings. The average Bonchev–Trinajstić information content (AvgIpc) is 2.02. The molecule has 3 nitrogen and oxygen atoms in total. The molecule has 0 aliphatic carbocycles. The van der Waals surface area contributed by atoms with Crippen LogP contribution in [0.4, 0.5) is 4.79 Å². The Kier molecular flexibility index (Phi) is 7.03. The minimum atomic E-state index is -1.20. The zero-order chi connectivity index (χ0) is 9.23. The lowest BCUT2D eigenvalue weighted by molar-refractivity contribution is 0.0902. The maximum Gasteiger partial charge on any atom is 0.505 e. The first-order valence-corrected chi connectivity index (χ1v) is 3.90. The van der Waals surface area contributed by atoms with Crippen LogP contribution in [0.3, 0.4) is 0 Å². The van der Waals surface area contributed by atoms with Crippen LogP contribution in [0.5, 0.6) is 0 Å². The lowest BCUT2D eigenvalue weighted by atomic mass is 10.2. The van der Waals surface area contributed by atoms with Crippen molar-refractivity contribution >= 4 is 6.16 Å². The van der Waals surface area contributed by atoms with Gasteiger partial charge in [0.1, 0.15) is 0 Å². The predicted molar refractivity (Wildman–Crippen MR) is 47.2 cm³/mol. The molecular weight excluding hydrogens is 156 g/mol. The lowest BCUT2D eigenvalue weighted by Crippen LogP contribution is -2.01. The predicted octanol–water partition coefficient (Wildman–Crippen LogP) is 2.59. The third kappa shape index (κ3) is 8.75. The van der Waals surface area contributed by atoms with E-state index in [9.17, 15) is 4.79 Å². The Hall–Kier alpha value is -1.25. The van der Waals surface area contributed by atoms with Gasteiger partial charge in [-0.25, -0.2) is 4.79 Å². The molecule has 0 amide bonds. The van der Waals surface area contributed by atoms with Crippen LogP contribution in [0.1, 0.15) is 19.3 Å². The van der Waals surface area contributed by atoms with E-state index in [1.165, 1.54) is 0 Å². The minimum Gasteiger partial charge on any atom is -0.450 e. The SMILES string of the molecule is C=CC=CCCCCOC(=O)O. The fourth-order valence-electron chi connectivity index (χ4n) is 0.716. The molecule has 0 aromatic rings. The number of rotatable bonds is 6. The zero-order valence-corrected chi connectivity index (χ0v) is 7.03. The van der Waals surface area contributed by atoms with Gasteiger partial charge in [0.25, 0.3) is 0 Å². The molecule has 0 bridgehead atoms. The first-order chi connectivity index (χ1) is 5.77. The second-order valence-electron chi connectivity index (χ2n) is 2.27. The topological polar surface area (TPSA) is 46.5 Å². The molecule has 68 valence electrons. The second-order valence-corrected chi connectivity index (χ2v) is 2.27. The number of carbonyl (C=O) groups is 1. The molecule has 0 aromatic heterocycles. The van der Waals surface area contributed by atoms with Gasteiger partial charge in [-0.2, -0.15) is 0 Å². The third-order valence-corrected chi connectivity index (χ3v) is 1.26. The molecule has 0 spiro atoms. The van der Waals surface area contributed by atoms with Crippen molar-refractivity contribution in [3.05, 3.63) is 24.8 Å². The van der Waals surface area contributed by atoms with E-state index in [0.717, 1.165) is 19.3 Å². The standard InChI is InChI=1S/C9H14O3/c1-2-3-4-5-6-7-8-12-9(10)11/h2-4H,1,5-8H2,(H,10,11). The van der Waals surface area contributed by atoms with E-state index in [1.807, 2.05) is 12.2 Å². The average molecular weight is 170 g/mol. The largest absolute Gasteiger partial charge is 0.505 e. The molecule has 0 atom stereocenters. The van der Waals surface area contributed by atoms with E-state index in [1.54, 1.807) is 6.08 Å². The summed E-state index contributed by atoms with van der Waals surface area (Å²) in [4.78, 5) is 9.89. The Labute approximate surface area is 72.3 Å². The fraction of sp³-hybridized carbons (Fsp3) is 0.444. The quantitative estimate of drug-likeness (QED) is 0.378. The number of allylic oxidation sites excluding steroid dienone is 3. The molecule has 0 radical (unpaired) electrons. The van der Waals surface area contributed by atoms with Gasteiger partial charge >= 0.3 is 6.16 Å². The molecule has 1 N–H and O–H groups in total. The van der Waals surface area contributed by atoms with E-state index in [0.29, 0.717) is 0 Å². The summed E-state index contributed by atoms with van der Waals surface area (Å²) in [7, 11) is 0. The first kappa shape index (κ1) is 10.8.